The van der Waals surface area contributed by atoms with E-state index in [0.29, 0.717) is 30.4 Å². The fourth-order valence-corrected chi connectivity index (χ4v) is 7.94. The zero-order valence-electron chi connectivity index (χ0n) is 24.8. The minimum atomic E-state index is 0.295. The molecule has 5 nitrogen and oxygen atoms in total. The van der Waals surface area contributed by atoms with Crippen molar-refractivity contribution in [3.63, 3.8) is 0 Å². The van der Waals surface area contributed by atoms with Crippen LogP contribution in [0.1, 0.15) is 131 Å². The number of fused-ring (bicyclic) bond motifs is 2. The monoisotopic (exact) mass is 550 g/mol. The molecule has 2 heterocycles. The second kappa shape index (κ2) is 12.9. The van der Waals surface area contributed by atoms with Crippen LogP contribution in [0.3, 0.4) is 0 Å². The van der Waals surface area contributed by atoms with Crippen molar-refractivity contribution < 1.29 is 5.11 Å². The van der Waals surface area contributed by atoms with E-state index in [-0.39, 0.29) is 0 Å². The van der Waals surface area contributed by atoms with E-state index in [9.17, 15) is 10.4 Å². The van der Waals surface area contributed by atoms with E-state index in [4.69, 9.17) is 9.98 Å². The number of aliphatic hydroxyl groups is 1. The van der Waals surface area contributed by atoms with Crippen LogP contribution in [0.25, 0.3) is 11.1 Å². The van der Waals surface area contributed by atoms with Gasteiger partial charge in [0, 0.05) is 25.4 Å². The normalized spacial score (nSPS) is 25.0. The van der Waals surface area contributed by atoms with E-state index < -0.39 is 0 Å². The molecule has 2 saturated carbocycles. The maximum atomic E-state index is 10.5. The molecule has 6 rings (SSSR count). The van der Waals surface area contributed by atoms with Crippen molar-refractivity contribution in [1.82, 2.24) is 4.90 Å². The first-order valence-electron chi connectivity index (χ1n) is 16.4. The summed E-state index contributed by atoms with van der Waals surface area (Å²) in [6, 6.07) is 12.5. The molecule has 0 amide bonds. The Morgan fingerprint density at radius 2 is 1.73 bits per heavy atom. The zero-order valence-corrected chi connectivity index (χ0v) is 24.8. The number of hydrogen-bond acceptors (Lipinski definition) is 5. The molecule has 216 valence electrons. The average Bonchev–Trinajstić information content (AvgIpc) is 3.15. The molecule has 2 aliphatic heterocycles. The number of benzene rings is 2. The molecule has 2 fully saturated rings. The molecule has 5 heteroatoms. The van der Waals surface area contributed by atoms with E-state index in [1.165, 1.54) is 59.9 Å². The van der Waals surface area contributed by atoms with Crippen molar-refractivity contribution in [2.24, 2.45) is 15.9 Å². The molecule has 0 radical (unpaired) electrons. The summed E-state index contributed by atoms with van der Waals surface area (Å²) < 4.78 is 0. The van der Waals surface area contributed by atoms with Gasteiger partial charge in [0.2, 0.25) is 0 Å². The van der Waals surface area contributed by atoms with Gasteiger partial charge in [0.05, 0.1) is 23.3 Å². The summed E-state index contributed by atoms with van der Waals surface area (Å²) in [7, 11) is 0. The van der Waals surface area contributed by atoms with Crippen LogP contribution in [0.2, 0.25) is 0 Å². The van der Waals surface area contributed by atoms with E-state index in [1.807, 2.05) is 6.21 Å². The zero-order chi connectivity index (χ0) is 28.2. The van der Waals surface area contributed by atoms with Gasteiger partial charge in [-0.2, -0.15) is 5.26 Å². The quantitative estimate of drug-likeness (QED) is 0.403. The van der Waals surface area contributed by atoms with E-state index in [1.54, 1.807) is 0 Å². The van der Waals surface area contributed by atoms with Gasteiger partial charge in [0.1, 0.15) is 6.07 Å². The Morgan fingerprint density at radius 1 is 0.951 bits per heavy atom. The van der Waals surface area contributed by atoms with Crippen LogP contribution in [-0.2, 0) is 6.54 Å². The van der Waals surface area contributed by atoms with Crippen LogP contribution in [0.15, 0.2) is 34.3 Å². The van der Waals surface area contributed by atoms with Gasteiger partial charge in [-0.3, -0.25) is 4.99 Å². The molecule has 0 aromatic heterocycles. The summed E-state index contributed by atoms with van der Waals surface area (Å²) in [4.78, 5) is 12.4. The lowest BCUT2D eigenvalue weighted by atomic mass is 9.77. The van der Waals surface area contributed by atoms with Gasteiger partial charge >= 0.3 is 0 Å². The SMILES string of the molecule is CCC1CC=Nc2c(C#N)c(C3CCCCC(CO)CCC3)cc(-c3ccc4c(c3)N=CN(C3CCCCC3)C4)c21. The number of aliphatic imine (C=N–C) groups is 2. The molecule has 2 aromatic carbocycles. The Hall–Kier alpha value is -2.97. The first-order valence-corrected chi connectivity index (χ1v) is 16.4. The van der Waals surface area contributed by atoms with E-state index >= 15 is 0 Å². The highest BCUT2D eigenvalue weighted by Crippen LogP contribution is 2.48. The molecule has 4 aliphatic rings. The van der Waals surface area contributed by atoms with Gasteiger partial charge in [0.15, 0.2) is 0 Å². The van der Waals surface area contributed by atoms with Gasteiger partial charge in [0.25, 0.3) is 0 Å². The number of aliphatic hydroxyl groups excluding tert-OH is 1. The van der Waals surface area contributed by atoms with Crippen molar-refractivity contribution in [3.05, 3.63) is 46.5 Å². The first kappa shape index (κ1) is 28.2. The topological polar surface area (TPSA) is 72.0 Å². The molecule has 3 unspecified atom stereocenters. The van der Waals surface area contributed by atoms with Gasteiger partial charge < -0.3 is 10.0 Å². The Bertz CT molecular complexity index is 1330. The minimum absolute atomic E-state index is 0.295. The van der Waals surface area contributed by atoms with Crippen molar-refractivity contribution in [3.8, 4) is 17.2 Å². The average molecular weight is 551 g/mol. The molecule has 41 heavy (non-hydrogen) atoms. The van der Waals surface area contributed by atoms with Crippen LogP contribution in [0, 0.1) is 17.2 Å². The highest BCUT2D eigenvalue weighted by Gasteiger charge is 2.30. The third kappa shape index (κ3) is 5.86. The third-order valence-electron chi connectivity index (χ3n) is 10.4. The maximum Gasteiger partial charge on any atom is 0.102 e. The third-order valence-corrected chi connectivity index (χ3v) is 10.4. The molecule has 0 bridgehead atoms. The van der Waals surface area contributed by atoms with Crippen molar-refractivity contribution >= 4 is 23.9 Å². The lowest BCUT2D eigenvalue weighted by Gasteiger charge is -2.35. The fourth-order valence-electron chi connectivity index (χ4n) is 7.94. The molecule has 2 aliphatic carbocycles. The van der Waals surface area contributed by atoms with Crippen LogP contribution in [0.5, 0.6) is 0 Å². The van der Waals surface area contributed by atoms with Crippen LogP contribution in [0.4, 0.5) is 11.4 Å². The largest absolute Gasteiger partial charge is 0.396 e. The van der Waals surface area contributed by atoms with Crippen molar-refractivity contribution in [2.45, 2.75) is 121 Å². The Labute approximate surface area is 246 Å². The summed E-state index contributed by atoms with van der Waals surface area (Å²) in [6.07, 6.45) is 20.4. The summed E-state index contributed by atoms with van der Waals surface area (Å²) >= 11 is 0. The highest BCUT2D eigenvalue weighted by molar-refractivity contribution is 5.85. The second-order valence-corrected chi connectivity index (χ2v) is 12.9. The van der Waals surface area contributed by atoms with Gasteiger partial charge in [-0.1, -0.05) is 57.6 Å². The van der Waals surface area contributed by atoms with Crippen LogP contribution < -0.4 is 0 Å². The predicted octanol–water partition coefficient (Wildman–Crippen LogP) is 9.07. The van der Waals surface area contributed by atoms with Gasteiger partial charge in [-0.25, -0.2) is 4.99 Å². The molecular weight excluding hydrogens is 504 g/mol. The lowest BCUT2D eigenvalue weighted by Crippen LogP contribution is -2.36. The maximum absolute atomic E-state index is 10.5. The molecule has 2 aromatic rings. The number of nitrogens with zero attached hydrogens (tertiary/aromatic N) is 4. The van der Waals surface area contributed by atoms with Gasteiger partial charge in [-0.05, 0) is 109 Å². The number of nitriles is 1. The van der Waals surface area contributed by atoms with Crippen LogP contribution in [-0.4, -0.2) is 35.2 Å². The smallest absolute Gasteiger partial charge is 0.102 e. The standard InChI is InChI=1S/C36H46N4O/c1-2-26-17-18-38-36-33(21-37)31(27-11-7-6-9-25(23-41)10-8-12-27)20-32(35(26)36)28-15-16-29-22-40(24-39-34(29)19-28)30-13-4-3-5-14-30/h15-16,18-20,24-27,30,41H,2-14,17,22-23H2,1H3. The minimum Gasteiger partial charge on any atom is -0.396 e. The summed E-state index contributed by atoms with van der Waals surface area (Å²) in [5.74, 6) is 1.14. The van der Waals surface area contributed by atoms with Crippen molar-refractivity contribution in [1.29, 1.82) is 5.26 Å². The van der Waals surface area contributed by atoms with Gasteiger partial charge in [-0.15, -0.1) is 0 Å². The Morgan fingerprint density at radius 3 is 2.54 bits per heavy atom. The molecule has 0 spiro atoms. The summed E-state index contributed by atoms with van der Waals surface area (Å²) in [6.45, 7) is 3.49. The Kier molecular flexibility index (Phi) is 8.87. The second-order valence-electron chi connectivity index (χ2n) is 12.9. The lowest BCUT2D eigenvalue weighted by molar-refractivity contribution is 0.207. The number of rotatable bonds is 5. The van der Waals surface area contributed by atoms with Crippen LogP contribution >= 0.6 is 0 Å². The van der Waals surface area contributed by atoms with E-state index in [0.717, 1.165) is 81.3 Å². The molecule has 3 atom stereocenters. The first-order chi connectivity index (χ1) is 20.2. The predicted molar refractivity (Wildman–Crippen MR) is 169 cm³/mol. The highest BCUT2D eigenvalue weighted by atomic mass is 16.3. The van der Waals surface area contributed by atoms with E-state index in [2.05, 4.69) is 48.5 Å². The summed E-state index contributed by atoms with van der Waals surface area (Å²) in [5, 5.41) is 20.3. The summed E-state index contributed by atoms with van der Waals surface area (Å²) in [5.41, 5.74) is 8.98. The van der Waals surface area contributed by atoms with Crippen molar-refractivity contribution in [2.75, 3.05) is 6.61 Å². The Balaban J connectivity index is 1.39. The molecule has 0 saturated heterocycles. The molecular formula is C36H46N4O. The number of hydrogen-bond donors (Lipinski definition) is 1. The molecule has 1 N–H and O–H groups in total. The fraction of sp³-hybridized carbons (Fsp3) is 0.583.